The van der Waals surface area contributed by atoms with E-state index in [1.165, 1.54) is 24.7 Å². The third kappa shape index (κ3) is 5.24. The minimum absolute atomic E-state index is 0.140. The summed E-state index contributed by atoms with van der Waals surface area (Å²) < 4.78 is 45.7. The molecule has 0 saturated heterocycles. The Morgan fingerprint density at radius 3 is 2.33 bits per heavy atom. The molecule has 2 rings (SSSR count). The van der Waals surface area contributed by atoms with Crippen LogP contribution in [0, 0.1) is 5.92 Å². The van der Waals surface area contributed by atoms with Crippen molar-refractivity contribution < 1.29 is 22.7 Å². The largest absolute Gasteiger partial charge is 0.458 e. The van der Waals surface area contributed by atoms with E-state index in [9.17, 15) is 27.6 Å². The molecular formula is C19H21ClF3N3O4. The summed E-state index contributed by atoms with van der Waals surface area (Å²) in [7, 11) is 2.76. The van der Waals surface area contributed by atoms with Crippen molar-refractivity contribution in [1.82, 2.24) is 9.13 Å². The van der Waals surface area contributed by atoms with Gasteiger partial charge < -0.3 is 10.1 Å². The van der Waals surface area contributed by atoms with Crippen molar-refractivity contribution >= 4 is 23.3 Å². The molecule has 1 N–H and O–H groups in total. The Bertz CT molecular complexity index is 1060. The van der Waals surface area contributed by atoms with Crippen molar-refractivity contribution in [1.29, 1.82) is 0 Å². The van der Waals surface area contributed by atoms with Gasteiger partial charge in [0.2, 0.25) is 0 Å². The highest BCUT2D eigenvalue weighted by atomic mass is 35.5. The van der Waals surface area contributed by atoms with E-state index in [1.54, 1.807) is 13.8 Å². The van der Waals surface area contributed by atoms with Crippen LogP contribution < -0.4 is 16.6 Å². The van der Waals surface area contributed by atoms with E-state index in [0.29, 0.717) is 0 Å². The van der Waals surface area contributed by atoms with Gasteiger partial charge in [0.1, 0.15) is 12.6 Å². The molecule has 0 saturated carbocycles. The quantitative estimate of drug-likeness (QED) is 0.688. The zero-order valence-electron chi connectivity index (χ0n) is 16.7. The van der Waals surface area contributed by atoms with Crippen LogP contribution in [0.2, 0.25) is 5.02 Å². The molecule has 0 aliphatic carbocycles. The predicted octanol–water partition coefficient (Wildman–Crippen LogP) is 2.94. The first-order chi connectivity index (χ1) is 13.8. The Morgan fingerprint density at radius 2 is 1.80 bits per heavy atom. The Kier molecular flexibility index (Phi) is 7.02. The lowest BCUT2D eigenvalue weighted by Crippen LogP contribution is -2.39. The monoisotopic (exact) mass is 447 g/mol. The van der Waals surface area contributed by atoms with Crippen molar-refractivity contribution in [3.05, 3.63) is 61.4 Å². The number of benzene rings is 1. The average Bonchev–Trinajstić information content (AvgIpc) is 2.65. The molecule has 0 bridgehead atoms. The molecule has 0 aliphatic rings. The standard InChI is InChI=1S/C19H21ClF3N3O4/c1-10(2)16(24-14-6-5-11(7-13(14)20)19(21,22)23)17(28)30-9-12-8-15(27)26(4)18(29)25(12)3/h5-8,10,16,24H,9H2,1-4H3/t16-/m0/s1. The predicted molar refractivity (Wildman–Crippen MR) is 105 cm³/mol. The number of alkyl halides is 3. The van der Waals surface area contributed by atoms with Crippen LogP contribution in [-0.2, 0) is 36.4 Å². The second kappa shape index (κ2) is 8.95. The summed E-state index contributed by atoms with van der Waals surface area (Å²) in [5.41, 5.74) is -1.68. The van der Waals surface area contributed by atoms with Crippen molar-refractivity contribution in [3.63, 3.8) is 0 Å². The zero-order chi connectivity index (χ0) is 22.8. The fourth-order valence-corrected chi connectivity index (χ4v) is 2.86. The Hall–Kier alpha value is -2.75. The van der Waals surface area contributed by atoms with Crippen LogP contribution >= 0.6 is 11.6 Å². The highest BCUT2D eigenvalue weighted by Crippen LogP contribution is 2.34. The minimum Gasteiger partial charge on any atom is -0.458 e. The number of carbonyl (C=O) groups is 1. The molecular weight excluding hydrogens is 427 g/mol. The van der Waals surface area contributed by atoms with Gasteiger partial charge in [0.25, 0.3) is 5.56 Å². The summed E-state index contributed by atoms with van der Waals surface area (Å²) >= 11 is 5.94. The van der Waals surface area contributed by atoms with Crippen LogP contribution in [0.5, 0.6) is 0 Å². The van der Waals surface area contributed by atoms with Gasteiger partial charge in [-0.15, -0.1) is 0 Å². The van der Waals surface area contributed by atoms with Gasteiger partial charge in [-0.1, -0.05) is 25.4 Å². The number of esters is 1. The maximum atomic E-state index is 12.8. The topological polar surface area (TPSA) is 82.3 Å². The van der Waals surface area contributed by atoms with Gasteiger partial charge in [0.15, 0.2) is 0 Å². The van der Waals surface area contributed by atoms with Crippen LogP contribution in [0.15, 0.2) is 33.9 Å². The molecule has 0 unspecified atom stereocenters. The number of nitrogens with one attached hydrogen (secondary N) is 1. The van der Waals surface area contributed by atoms with Crippen molar-refractivity contribution in [3.8, 4) is 0 Å². The molecule has 30 heavy (non-hydrogen) atoms. The highest BCUT2D eigenvalue weighted by Gasteiger charge is 2.31. The van der Waals surface area contributed by atoms with E-state index >= 15 is 0 Å². The molecule has 1 heterocycles. The summed E-state index contributed by atoms with van der Waals surface area (Å²) in [6, 6.07) is 3.01. The maximum absolute atomic E-state index is 12.8. The van der Waals surface area contributed by atoms with Gasteiger partial charge in [-0.05, 0) is 24.1 Å². The first-order valence-corrected chi connectivity index (χ1v) is 9.26. The number of anilines is 1. The van der Waals surface area contributed by atoms with Crippen LogP contribution in [0.25, 0.3) is 0 Å². The second-order valence-corrected chi connectivity index (χ2v) is 7.45. The SMILES string of the molecule is CC(C)[C@H](Nc1ccc(C(F)(F)F)cc1Cl)C(=O)OCc1cc(=O)n(C)c(=O)n1C. The van der Waals surface area contributed by atoms with Gasteiger partial charge in [0.05, 0.1) is 22.0 Å². The summed E-state index contributed by atoms with van der Waals surface area (Å²) in [6.07, 6.45) is -4.54. The molecule has 1 aromatic heterocycles. The lowest BCUT2D eigenvalue weighted by Gasteiger charge is -2.23. The van der Waals surface area contributed by atoms with E-state index in [4.69, 9.17) is 16.3 Å². The molecule has 1 aromatic carbocycles. The summed E-state index contributed by atoms with van der Waals surface area (Å²) in [5.74, 6) is -1.02. The number of aromatic nitrogens is 2. The number of nitrogens with zero attached hydrogens (tertiary/aromatic N) is 2. The second-order valence-electron chi connectivity index (χ2n) is 7.04. The van der Waals surface area contributed by atoms with Gasteiger partial charge in [-0.2, -0.15) is 13.2 Å². The van der Waals surface area contributed by atoms with Gasteiger partial charge in [-0.3, -0.25) is 13.9 Å². The number of hydrogen-bond acceptors (Lipinski definition) is 5. The fraction of sp³-hybridized carbons (Fsp3) is 0.421. The number of halogens is 4. The molecule has 0 amide bonds. The number of ether oxygens (including phenoxy) is 1. The number of hydrogen-bond donors (Lipinski definition) is 1. The first kappa shape index (κ1) is 23.5. The normalized spacial score (nSPS) is 12.7. The smallest absolute Gasteiger partial charge is 0.416 e. The van der Waals surface area contributed by atoms with Crippen LogP contribution in [0.4, 0.5) is 18.9 Å². The van der Waals surface area contributed by atoms with Gasteiger partial charge in [0, 0.05) is 20.2 Å². The third-order valence-electron chi connectivity index (χ3n) is 4.52. The van der Waals surface area contributed by atoms with Crippen LogP contribution in [0.3, 0.4) is 0 Å². The van der Waals surface area contributed by atoms with E-state index in [2.05, 4.69) is 5.32 Å². The highest BCUT2D eigenvalue weighted by molar-refractivity contribution is 6.33. The lowest BCUT2D eigenvalue weighted by atomic mass is 10.0. The summed E-state index contributed by atoms with van der Waals surface area (Å²) in [5, 5.41) is 2.60. The Morgan fingerprint density at radius 1 is 1.17 bits per heavy atom. The molecule has 0 spiro atoms. The molecule has 0 fully saturated rings. The van der Waals surface area contributed by atoms with Crippen LogP contribution in [-0.4, -0.2) is 21.1 Å². The Balaban J connectivity index is 2.19. The molecule has 0 radical (unpaired) electrons. The number of rotatable bonds is 6. The maximum Gasteiger partial charge on any atom is 0.416 e. The summed E-state index contributed by atoms with van der Waals surface area (Å²) in [4.78, 5) is 36.3. The van der Waals surface area contributed by atoms with Gasteiger partial charge in [-0.25, -0.2) is 9.59 Å². The molecule has 7 nitrogen and oxygen atoms in total. The summed E-state index contributed by atoms with van der Waals surface area (Å²) in [6.45, 7) is 3.10. The minimum atomic E-state index is -4.54. The van der Waals surface area contributed by atoms with E-state index in [1.807, 2.05) is 0 Å². The van der Waals surface area contributed by atoms with E-state index in [0.717, 1.165) is 22.8 Å². The van der Waals surface area contributed by atoms with Crippen molar-refractivity contribution in [2.75, 3.05) is 5.32 Å². The van der Waals surface area contributed by atoms with E-state index < -0.39 is 35.0 Å². The number of carbonyl (C=O) groups excluding carboxylic acids is 1. The third-order valence-corrected chi connectivity index (χ3v) is 4.83. The molecule has 164 valence electrons. The van der Waals surface area contributed by atoms with Crippen molar-refractivity contribution in [2.45, 2.75) is 32.7 Å². The van der Waals surface area contributed by atoms with E-state index in [-0.39, 0.29) is 28.9 Å². The Labute approximate surface area is 175 Å². The lowest BCUT2D eigenvalue weighted by molar-refractivity contribution is -0.147. The van der Waals surface area contributed by atoms with Crippen LogP contribution in [0.1, 0.15) is 25.1 Å². The molecule has 2 aromatic rings. The first-order valence-electron chi connectivity index (χ1n) is 8.88. The van der Waals surface area contributed by atoms with Crippen molar-refractivity contribution in [2.24, 2.45) is 20.0 Å². The average molecular weight is 448 g/mol. The van der Waals surface area contributed by atoms with Gasteiger partial charge >= 0.3 is 17.8 Å². The fourth-order valence-electron chi connectivity index (χ4n) is 2.63. The zero-order valence-corrected chi connectivity index (χ0v) is 17.5. The molecule has 11 heteroatoms. The molecule has 1 atom stereocenters. The molecule has 0 aliphatic heterocycles.